The predicted octanol–water partition coefficient (Wildman–Crippen LogP) is 1.46. The number of rotatable bonds is 5. The molecule has 0 unspecified atom stereocenters. The highest BCUT2D eigenvalue weighted by molar-refractivity contribution is 7.89. The lowest BCUT2D eigenvalue weighted by molar-refractivity contribution is 0.0628. The van der Waals surface area contributed by atoms with E-state index in [9.17, 15) is 8.42 Å². The zero-order valence-electron chi connectivity index (χ0n) is 12.3. The van der Waals surface area contributed by atoms with E-state index in [1.807, 2.05) is 0 Å². The van der Waals surface area contributed by atoms with Crippen LogP contribution in [0, 0.1) is 19.8 Å². The molecule has 0 amide bonds. The molecule has 1 aliphatic rings. The maximum Gasteiger partial charge on any atom is 0.246 e. The molecule has 0 spiro atoms. The van der Waals surface area contributed by atoms with Crippen molar-refractivity contribution in [2.75, 3.05) is 26.8 Å². The van der Waals surface area contributed by atoms with E-state index in [0.717, 1.165) is 32.5 Å². The van der Waals surface area contributed by atoms with E-state index in [-0.39, 0.29) is 0 Å². The Labute approximate surface area is 120 Å². The number of aryl methyl sites for hydroxylation is 2. The van der Waals surface area contributed by atoms with Gasteiger partial charge < -0.3 is 4.74 Å². The third-order valence-corrected chi connectivity index (χ3v) is 6.04. The van der Waals surface area contributed by atoms with Crippen LogP contribution in [-0.4, -0.2) is 49.7 Å². The zero-order valence-corrected chi connectivity index (χ0v) is 13.2. The van der Waals surface area contributed by atoms with Gasteiger partial charge in [-0.15, -0.1) is 0 Å². The van der Waals surface area contributed by atoms with E-state index in [1.54, 1.807) is 20.9 Å². The molecule has 1 aromatic rings. The molecule has 0 aliphatic carbocycles. The molecule has 1 aromatic heterocycles. The van der Waals surface area contributed by atoms with Crippen molar-refractivity contribution >= 4 is 10.0 Å². The number of ether oxygens (including phenoxy) is 1. The molecule has 0 aromatic carbocycles. The Kier molecular flexibility index (Phi) is 4.82. The number of H-pyrrole nitrogens is 1. The van der Waals surface area contributed by atoms with Gasteiger partial charge in [0, 0.05) is 26.8 Å². The summed E-state index contributed by atoms with van der Waals surface area (Å²) in [6.07, 6.45) is 2.93. The molecule has 20 heavy (non-hydrogen) atoms. The van der Waals surface area contributed by atoms with Crippen molar-refractivity contribution in [3.8, 4) is 0 Å². The van der Waals surface area contributed by atoms with Crippen LogP contribution in [0.5, 0.6) is 0 Å². The zero-order chi connectivity index (χ0) is 14.8. The fraction of sp³-hybridized carbons (Fsp3) is 0.769. The average Bonchev–Trinajstić information content (AvgIpc) is 2.77. The van der Waals surface area contributed by atoms with Crippen LogP contribution in [0.3, 0.4) is 0 Å². The Hall–Kier alpha value is -0.920. The highest BCUT2D eigenvalue weighted by Crippen LogP contribution is 2.23. The SMILES string of the molecule is Cc1n[nH]c(C)c1S(=O)(=O)N(C)CCC1CCOCC1. The van der Waals surface area contributed by atoms with Crippen LogP contribution in [0.25, 0.3) is 0 Å². The quantitative estimate of drug-likeness (QED) is 0.893. The summed E-state index contributed by atoms with van der Waals surface area (Å²) in [5.41, 5.74) is 1.13. The van der Waals surface area contributed by atoms with Crippen molar-refractivity contribution in [3.63, 3.8) is 0 Å². The summed E-state index contributed by atoms with van der Waals surface area (Å²) in [6, 6.07) is 0. The molecule has 2 heterocycles. The Bertz CT molecular complexity index is 528. The average molecular weight is 301 g/mol. The number of aromatic amines is 1. The van der Waals surface area contributed by atoms with Gasteiger partial charge in [0.1, 0.15) is 4.90 Å². The second-order valence-electron chi connectivity index (χ2n) is 5.43. The molecule has 2 rings (SSSR count). The van der Waals surface area contributed by atoms with E-state index < -0.39 is 10.0 Å². The summed E-state index contributed by atoms with van der Waals surface area (Å²) in [4.78, 5) is 0.312. The van der Waals surface area contributed by atoms with Crippen LogP contribution >= 0.6 is 0 Å². The van der Waals surface area contributed by atoms with Gasteiger partial charge in [-0.05, 0) is 39.0 Å². The fourth-order valence-electron chi connectivity index (χ4n) is 2.60. The normalized spacial score (nSPS) is 17.8. The van der Waals surface area contributed by atoms with E-state index in [2.05, 4.69) is 10.2 Å². The van der Waals surface area contributed by atoms with E-state index in [1.165, 1.54) is 4.31 Å². The van der Waals surface area contributed by atoms with Crippen LogP contribution in [0.15, 0.2) is 4.90 Å². The number of nitrogens with zero attached hydrogens (tertiary/aromatic N) is 2. The summed E-state index contributed by atoms with van der Waals surface area (Å²) in [7, 11) is -1.81. The lowest BCUT2D eigenvalue weighted by Crippen LogP contribution is -2.30. The van der Waals surface area contributed by atoms with Gasteiger partial charge in [-0.1, -0.05) is 0 Å². The third kappa shape index (κ3) is 3.21. The first-order chi connectivity index (χ1) is 9.43. The highest BCUT2D eigenvalue weighted by Gasteiger charge is 2.27. The standard InChI is InChI=1S/C13H23N3O3S/c1-10-13(11(2)15-14-10)20(17,18)16(3)7-4-12-5-8-19-9-6-12/h12H,4-9H2,1-3H3,(H,14,15). The minimum absolute atomic E-state index is 0.312. The molecule has 6 nitrogen and oxygen atoms in total. The minimum atomic E-state index is -3.45. The van der Waals surface area contributed by atoms with Crippen molar-refractivity contribution < 1.29 is 13.2 Å². The number of aromatic nitrogens is 2. The number of hydrogen-bond donors (Lipinski definition) is 1. The number of nitrogens with one attached hydrogen (secondary N) is 1. The molecule has 0 bridgehead atoms. The van der Waals surface area contributed by atoms with Gasteiger partial charge in [-0.3, -0.25) is 5.10 Å². The monoisotopic (exact) mass is 301 g/mol. The fourth-order valence-corrected chi connectivity index (χ4v) is 4.11. The Morgan fingerprint density at radius 1 is 1.35 bits per heavy atom. The largest absolute Gasteiger partial charge is 0.381 e. The van der Waals surface area contributed by atoms with Gasteiger partial charge in [0.15, 0.2) is 0 Å². The molecule has 114 valence electrons. The van der Waals surface area contributed by atoms with Gasteiger partial charge in [0.05, 0.1) is 11.4 Å². The van der Waals surface area contributed by atoms with Gasteiger partial charge in [-0.2, -0.15) is 5.10 Å². The number of hydrogen-bond acceptors (Lipinski definition) is 4. The summed E-state index contributed by atoms with van der Waals surface area (Å²) >= 11 is 0. The highest BCUT2D eigenvalue weighted by atomic mass is 32.2. The van der Waals surface area contributed by atoms with Gasteiger partial charge >= 0.3 is 0 Å². The first-order valence-corrected chi connectivity index (χ1v) is 8.42. The number of sulfonamides is 1. The molecule has 0 radical (unpaired) electrons. The summed E-state index contributed by atoms with van der Waals surface area (Å²) in [5, 5.41) is 6.70. The predicted molar refractivity (Wildman–Crippen MR) is 76.0 cm³/mol. The van der Waals surface area contributed by atoms with Crippen molar-refractivity contribution in [1.29, 1.82) is 0 Å². The van der Waals surface area contributed by atoms with E-state index in [4.69, 9.17) is 4.74 Å². The molecular weight excluding hydrogens is 278 g/mol. The van der Waals surface area contributed by atoms with Crippen LogP contribution < -0.4 is 0 Å². The Morgan fingerprint density at radius 2 is 2.00 bits per heavy atom. The molecule has 0 saturated carbocycles. The second kappa shape index (κ2) is 6.24. The lowest BCUT2D eigenvalue weighted by atomic mass is 9.97. The summed E-state index contributed by atoms with van der Waals surface area (Å²) < 4.78 is 31.9. The molecule has 1 aliphatic heterocycles. The van der Waals surface area contributed by atoms with Crippen molar-refractivity contribution in [1.82, 2.24) is 14.5 Å². The first kappa shape index (κ1) is 15.5. The lowest BCUT2D eigenvalue weighted by Gasteiger charge is -2.24. The second-order valence-corrected chi connectivity index (χ2v) is 7.42. The third-order valence-electron chi connectivity index (χ3n) is 3.92. The molecule has 1 fully saturated rings. The van der Waals surface area contributed by atoms with Crippen LogP contribution in [0.1, 0.15) is 30.7 Å². The molecule has 1 saturated heterocycles. The van der Waals surface area contributed by atoms with Crippen LogP contribution in [-0.2, 0) is 14.8 Å². The smallest absolute Gasteiger partial charge is 0.246 e. The maximum atomic E-state index is 12.5. The molecular formula is C13H23N3O3S. The first-order valence-electron chi connectivity index (χ1n) is 6.98. The maximum absolute atomic E-state index is 12.5. The van der Waals surface area contributed by atoms with Crippen LogP contribution in [0.4, 0.5) is 0 Å². The van der Waals surface area contributed by atoms with Crippen molar-refractivity contribution in [2.45, 2.75) is 38.0 Å². The van der Waals surface area contributed by atoms with Crippen LogP contribution in [0.2, 0.25) is 0 Å². The Balaban J connectivity index is 2.02. The van der Waals surface area contributed by atoms with Crippen molar-refractivity contribution in [3.05, 3.63) is 11.4 Å². The van der Waals surface area contributed by atoms with E-state index >= 15 is 0 Å². The van der Waals surface area contributed by atoms with Gasteiger partial charge in [-0.25, -0.2) is 12.7 Å². The minimum Gasteiger partial charge on any atom is -0.381 e. The van der Waals surface area contributed by atoms with E-state index in [0.29, 0.717) is 28.7 Å². The Morgan fingerprint density at radius 3 is 2.55 bits per heavy atom. The molecule has 7 heteroatoms. The van der Waals surface area contributed by atoms with Gasteiger partial charge in [0.2, 0.25) is 10.0 Å². The molecule has 1 N–H and O–H groups in total. The summed E-state index contributed by atoms with van der Waals surface area (Å²) in [5.74, 6) is 0.563. The van der Waals surface area contributed by atoms with Gasteiger partial charge in [0.25, 0.3) is 0 Å². The topological polar surface area (TPSA) is 75.3 Å². The molecule has 0 atom stereocenters. The summed E-state index contributed by atoms with van der Waals surface area (Å²) in [6.45, 7) is 5.57. The van der Waals surface area contributed by atoms with Crippen molar-refractivity contribution in [2.24, 2.45) is 5.92 Å².